The number of rotatable bonds is 5. The van der Waals surface area contributed by atoms with Gasteiger partial charge in [-0.1, -0.05) is 13.8 Å². The third kappa shape index (κ3) is 4.35. The lowest BCUT2D eigenvalue weighted by atomic mass is 10.1. The Morgan fingerprint density at radius 2 is 2.04 bits per heavy atom. The van der Waals surface area contributed by atoms with E-state index >= 15 is 0 Å². The van der Waals surface area contributed by atoms with Gasteiger partial charge in [0.25, 0.3) is 0 Å². The molecule has 0 atom stereocenters. The highest BCUT2D eigenvalue weighted by atomic mass is 16.1. The Morgan fingerprint density at radius 1 is 1.28 bits per heavy atom. The van der Waals surface area contributed by atoms with Crippen LogP contribution in [0, 0.1) is 12.8 Å². The molecule has 3 rings (SSSR count). The van der Waals surface area contributed by atoms with Crippen LogP contribution < -0.4 is 10.2 Å². The van der Waals surface area contributed by atoms with E-state index in [2.05, 4.69) is 25.3 Å². The summed E-state index contributed by atoms with van der Waals surface area (Å²) in [5.41, 5.74) is 0.981. The predicted molar refractivity (Wildman–Crippen MR) is 97.6 cm³/mol. The zero-order valence-electron chi connectivity index (χ0n) is 15.1. The summed E-state index contributed by atoms with van der Waals surface area (Å²) >= 11 is 0. The molecule has 0 bridgehead atoms. The highest BCUT2D eigenvalue weighted by Gasteiger charge is 2.24. The van der Waals surface area contributed by atoms with Crippen molar-refractivity contribution in [3.8, 4) is 0 Å². The summed E-state index contributed by atoms with van der Waals surface area (Å²) in [7, 11) is 0. The summed E-state index contributed by atoms with van der Waals surface area (Å²) in [6.45, 7) is 7.83. The molecule has 0 saturated carbocycles. The van der Waals surface area contributed by atoms with Gasteiger partial charge in [0.05, 0.1) is 12.2 Å². The molecule has 0 unspecified atom stereocenters. The first-order valence-electron chi connectivity index (χ1n) is 8.91. The minimum absolute atomic E-state index is 0.0438. The Morgan fingerprint density at radius 3 is 2.72 bits per heavy atom. The van der Waals surface area contributed by atoms with Crippen molar-refractivity contribution >= 4 is 17.7 Å². The highest BCUT2D eigenvalue weighted by molar-refractivity contribution is 5.89. The van der Waals surface area contributed by atoms with Crippen LogP contribution in [0.3, 0.4) is 0 Å². The Labute approximate surface area is 148 Å². The van der Waals surface area contributed by atoms with Crippen molar-refractivity contribution < 1.29 is 4.79 Å². The fourth-order valence-electron chi connectivity index (χ4n) is 3.17. The summed E-state index contributed by atoms with van der Waals surface area (Å²) in [4.78, 5) is 23.1. The lowest BCUT2D eigenvalue weighted by Crippen LogP contribution is -2.36. The minimum Gasteiger partial charge on any atom is -0.341 e. The van der Waals surface area contributed by atoms with E-state index in [4.69, 9.17) is 0 Å². The molecular weight excluding hydrogens is 316 g/mol. The van der Waals surface area contributed by atoms with Gasteiger partial charge < -0.3 is 10.2 Å². The average molecular weight is 342 g/mol. The predicted octanol–water partition coefficient (Wildman–Crippen LogP) is 2.81. The normalized spacial score (nSPS) is 15.6. The van der Waals surface area contributed by atoms with E-state index in [9.17, 15) is 4.79 Å². The van der Waals surface area contributed by atoms with Gasteiger partial charge in [0.1, 0.15) is 5.82 Å². The van der Waals surface area contributed by atoms with Crippen molar-refractivity contribution in [2.75, 3.05) is 23.3 Å². The number of anilines is 2. The Balaban J connectivity index is 1.62. The molecule has 1 N–H and O–H groups in total. The maximum Gasteiger partial charge on any atom is 0.225 e. The van der Waals surface area contributed by atoms with Crippen molar-refractivity contribution in [3.05, 3.63) is 30.2 Å². The number of carbonyl (C=O) groups is 1. The molecule has 3 heterocycles. The molecule has 7 heteroatoms. The molecule has 2 aromatic heterocycles. The second-order valence-corrected chi connectivity index (χ2v) is 7.02. The molecule has 2 aromatic rings. The molecule has 1 saturated heterocycles. The summed E-state index contributed by atoms with van der Waals surface area (Å²) in [6, 6.07) is 4.06. The first kappa shape index (κ1) is 17.4. The lowest BCUT2D eigenvalue weighted by Gasteiger charge is -2.32. The van der Waals surface area contributed by atoms with Crippen LogP contribution in [-0.4, -0.2) is 38.7 Å². The smallest absolute Gasteiger partial charge is 0.225 e. The van der Waals surface area contributed by atoms with Crippen LogP contribution in [0.5, 0.6) is 0 Å². The first-order valence-corrected chi connectivity index (χ1v) is 8.91. The minimum atomic E-state index is 0.0438. The first-order chi connectivity index (χ1) is 12.0. The third-order valence-corrected chi connectivity index (χ3v) is 4.41. The summed E-state index contributed by atoms with van der Waals surface area (Å²) in [5.74, 6) is 1.97. The van der Waals surface area contributed by atoms with Gasteiger partial charge in [-0.2, -0.15) is 5.10 Å². The molecule has 1 aliphatic rings. The maximum absolute atomic E-state index is 12.0. The van der Waals surface area contributed by atoms with Gasteiger partial charge in [0.15, 0.2) is 0 Å². The number of aryl methyl sites for hydroxylation is 1. The number of hydrogen-bond donors (Lipinski definition) is 1. The molecule has 0 aromatic carbocycles. The molecule has 0 radical (unpaired) electrons. The number of amides is 1. The van der Waals surface area contributed by atoms with Crippen LogP contribution in [0.2, 0.25) is 0 Å². The molecule has 7 nitrogen and oxygen atoms in total. The number of aromatic nitrogens is 4. The van der Waals surface area contributed by atoms with E-state index in [0.29, 0.717) is 12.3 Å². The van der Waals surface area contributed by atoms with Gasteiger partial charge in [-0.15, -0.1) is 0 Å². The second kappa shape index (κ2) is 7.63. The van der Waals surface area contributed by atoms with Gasteiger partial charge >= 0.3 is 0 Å². The SMILES string of the molecule is Cc1ccnc(N2CCC(n3nccc3NC(=O)CC(C)C)CC2)n1. The number of piperidine rings is 1. The highest BCUT2D eigenvalue weighted by Crippen LogP contribution is 2.27. The molecule has 0 aliphatic carbocycles. The fraction of sp³-hybridized carbons (Fsp3) is 0.556. The third-order valence-electron chi connectivity index (χ3n) is 4.41. The average Bonchev–Trinajstić information content (AvgIpc) is 3.02. The summed E-state index contributed by atoms with van der Waals surface area (Å²) in [5, 5.41) is 7.43. The van der Waals surface area contributed by atoms with Crippen LogP contribution in [0.25, 0.3) is 0 Å². The molecular formula is C18H26N6O. The van der Waals surface area contributed by atoms with Crippen molar-refractivity contribution in [3.63, 3.8) is 0 Å². The van der Waals surface area contributed by atoms with Crippen LogP contribution in [0.4, 0.5) is 11.8 Å². The second-order valence-electron chi connectivity index (χ2n) is 7.02. The largest absolute Gasteiger partial charge is 0.341 e. The number of nitrogens with zero attached hydrogens (tertiary/aromatic N) is 5. The van der Waals surface area contributed by atoms with E-state index in [1.54, 1.807) is 12.4 Å². The van der Waals surface area contributed by atoms with Gasteiger partial charge in [0, 0.05) is 37.5 Å². The van der Waals surface area contributed by atoms with Crippen molar-refractivity contribution in [2.45, 2.75) is 46.1 Å². The van der Waals surface area contributed by atoms with Crippen LogP contribution >= 0.6 is 0 Å². The Hall–Kier alpha value is -2.44. The number of hydrogen-bond acceptors (Lipinski definition) is 5. The number of nitrogens with one attached hydrogen (secondary N) is 1. The molecule has 0 spiro atoms. The monoisotopic (exact) mass is 342 g/mol. The van der Waals surface area contributed by atoms with Crippen molar-refractivity contribution in [1.82, 2.24) is 19.7 Å². The van der Waals surface area contributed by atoms with Crippen LogP contribution in [-0.2, 0) is 4.79 Å². The van der Waals surface area contributed by atoms with Gasteiger partial charge in [0.2, 0.25) is 11.9 Å². The van der Waals surface area contributed by atoms with Crippen molar-refractivity contribution in [1.29, 1.82) is 0 Å². The zero-order chi connectivity index (χ0) is 17.8. The van der Waals surface area contributed by atoms with Crippen LogP contribution in [0.15, 0.2) is 24.5 Å². The zero-order valence-corrected chi connectivity index (χ0v) is 15.1. The number of carbonyl (C=O) groups excluding carboxylic acids is 1. The van der Waals surface area contributed by atoms with E-state index in [0.717, 1.165) is 43.4 Å². The fourth-order valence-corrected chi connectivity index (χ4v) is 3.17. The Kier molecular flexibility index (Phi) is 5.31. The van der Waals surface area contributed by atoms with E-state index in [1.165, 1.54) is 0 Å². The van der Waals surface area contributed by atoms with Gasteiger partial charge in [-0.3, -0.25) is 4.79 Å². The molecule has 25 heavy (non-hydrogen) atoms. The van der Waals surface area contributed by atoms with Crippen molar-refractivity contribution in [2.24, 2.45) is 5.92 Å². The molecule has 1 amide bonds. The molecule has 134 valence electrons. The maximum atomic E-state index is 12.0. The van der Waals surface area contributed by atoms with Gasteiger partial charge in [-0.25, -0.2) is 14.6 Å². The van der Waals surface area contributed by atoms with E-state index < -0.39 is 0 Å². The Bertz CT molecular complexity index is 718. The lowest BCUT2D eigenvalue weighted by molar-refractivity contribution is -0.116. The summed E-state index contributed by atoms with van der Waals surface area (Å²) in [6.07, 6.45) is 5.98. The summed E-state index contributed by atoms with van der Waals surface area (Å²) < 4.78 is 1.95. The van der Waals surface area contributed by atoms with E-state index in [-0.39, 0.29) is 11.9 Å². The quantitative estimate of drug-likeness (QED) is 0.904. The van der Waals surface area contributed by atoms with Gasteiger partial charge in [-0.05, 0) is 31.7 Å². The van der Waals surface area contributed by atoms with E-state index in [1.807, 2.05) is 37.6 Å². The standard InChI is InChI=1S/C18H26N6O/c1-13(2)12-17(25)22-16-5-9-20-24(16)15-6-10-23(11-7-15)18-19-8-4-14(3)21-18/h4-5,8-9,13,15H,6-7,10-12H2,1-3H3,(H,22,25). The topological polar surface area (TPSA) is 75.9 Å². The molecule has 1 fully saturated rings. The molecule has 1 aliphatic heterocycles. The van der Waals surface area contributed by atoms with Crippen LogP contribution in [0.1, 0.15) is 44.8 Å².